The summed E-state index contributed by atoms with van der Waals surface area (Å²) in [5, 5.41) is 7.12. The Morgan fingerprint density at radius 1 is 1.21 bits per heavy atom. The van der Waals surface area contributed by atoms with Gasteiger partial charge in [-0.25, -0.2) is 4.79 Å². The second kappa shape index (κ2) is 10.8. The lowest BCUT2D eigenvalue weighted by Crippen LogP contribution is -2.41. The lowest BCUT2D eigenvalue weighted by Gasteiger charge is -2.32. The van der Waals surface area contributed by atoms with Gasteiger partial charge in [0, 0.05) is 39.5 Å². The van der Waals surface area contributed by atoms with E-state index >= 15 is 0 Å². The second-order valence-electron chi connectivity index (χ2n) is 7.17. The van der Waals surface area contributed by atoms with Gasteiger partial charge in [0.05, 0.1) is 6.10 Å². The summed E-state index contributed by atoms with van der Waals surface area (Å²) in [4.78, 5) is 11.6. The Kier molecular flexibility index (Phi) is 8.72. The van der Waals surface area contributed by atoms with Crippen LogP contribution < -0.4 is 0 Å². The fraction of sp³-hybridized carbons (Fsp3) is 0.650. The first-order valence-electron chi connectivity index (χ1n) is 9.50. The Morgan fingerprint density at radius 3 is 2.36 bits per heavy atom. The van der Waals surface area contributed by atoms with Crippen LogP contribution in [0, 0.1) is 5.92 Å². The van der Waals surface area contributed by atoms with Gasteiger partial charge < -0.3 is 14.6 Å². The van der Waals surface area contributed by atoms with Gasteiger partial charge in [0.15, 0.2) is 0 Å². The molecule has 1 N–H and O–H groups in total. The lowest BCUT2D eigenvalue weighted by molar-refractivity contribution is -0.192. The largest absolute Gasteiger partial charge is 0.490 e. The summed E-state index contributed by atoms with van der Waals surface area (Å²) in [5.74, 6) is -1.96. The Balaban J connectivity index is 0.000000345. The summed E-state index contributed by atoms with van der Waals surface area (Å²) in [6.45, 7) is 4.26. The van der Waals surface area contributed by atoms with Crippen molar-refractivity contribution < 1.29 is 32.5 Å². The fourth-order valence-corrected chi connectivity index (χ4v) is 3.76. The molecule has 2 heterocycles. The average Bonchev–Trinajstić information content (AvgIpc) is 3.04. The first kappa shape index (κ1) is 22.6. The van der Waals surface area contributed by atoms with Crippen LogP contribution in [0.4, 0.5) is 13.2 Å². The fourth-order valence-electron chi connectivity index (χ4n) is 3.76. The van der Waals surface area contributed by atoms with Gasteiger partial charge in [0.25, 0.3) is 0 Å². The highest BCUT2D eigenvalue weighted by Crippen LogP contribution is 2.27. The molecule has 2 aliphatic rings. The maximum Gasteiger partial charge on any atom is 0.490 e. The van der Waals surface area contributed by atoms with Crippen molar-refractivity contribution in [3.05, 3.63) is 35.9 Å². The monoisotopic (exact) mass is 403 g/mol. The van der Waals surface area contributed by atoms with Gasteiger partial charge in [-0.05, 0) is 37.2 Å². The predicted molar refractivity (Wildman–Crippen MR) is 98.2 cm³/mol. The molecule has 2 saturated heterocycles. The molecule has 3 rings (SSSR count). The van der Waals surface area contributed by atoms with Gasteiger partial charge in [-0.1, -0.05) is 30.3 Å². The Labute approximate surface area is 163 Å². The third-order valence-corrected chi connectivity index (χ3v) is 5.27. The van der Waals surface area contributed by atoms with Gasteiger partial charge in [0.2, 0.25) is 0 Å². The molecular weight excluding hydrogens is 375 g/mol. The number of carboxylic acids is 1. The zero-order valence-corrected chi connectivity index (χ0v) is 16.0. The van der Waals surface area contributed by atoms with E-state index in [1.807, 2.05) is 7.11 Å². The second-order valence-corrected chi connectivity index (χ2v) is 7.17. The van der Waals surface area contributed by atoms with Crippen LogP contribution in [0.2, 0.25) is 0 Å². The standard InChI is InChI=1S/C18H27NO2.C2HF3O2/c1-20-18-7-10-19(14-16-8-11-21-12-9-16)17(18)13-15-5-3-2-4-6-15;3-2(4,5)1(6)7/h2-6,16-18H,7-14H2,1H3;(H,6,7)/t17-,18+;/m0./s1. The molecule has 8 heteroatoms. The minimum atomic E-state index is -5.08. The molecule has 158 valence electrons. The van der Waals surface area contributed by atoms with Gasteiger partial charge in [0.1, 0.15) is 0 Å². The number of ether oxygens (including phenoxy) is 2. The summed E-state index contributed by atoms with van der Waals surface area (Å²) in [7, 11) is 1.86. The van der Waals surface area contributed by atoms with Crippen LogP contribution in [0.15, 0.2) is 30.3 Å². The van der Waals surface area contributed by atoms with Crippen LogP contribution in [-0.4, -0.2) is 67.7 Å². The first-order chi connectivity index (χ1) is 13.3. The van der Waals surface area contributed by atoms with E-state index in [2.05, 4.69) is 35.2 Å². The maximum atomic E-state index is 10.6. The third kappa shape index (κ3) is 7.07. The number of carboxylic acid groups (broad SMARTS) is 1. The van der Waals surface area contributed by atoms with Gasteiger partial charge in [-0.3, -0.25) is 4.90 Å². The molecule has 2 atom stereocenters. The summed E-state index contributed by atoms with van der Waals surface area (Å²) < 4.78 is 43.0. The van der Waals surface area contributed by atoms with Gasteiger partial charge in [-0.2, -0.15) is 13.2 Å². The zero-order valence-electron chi connectivity index (χ0n) is 16.0. The van der Waals surface area contributed by atoms with E-state index < -0.39 is 12.1 Å². The molecule has 0 spiro atoms. The number of rotatable bonds is 5. The first-order valence-corrected chi connectivity index (χ1v) is 9.50. The molecule has 0 aromatic heterocycles. The van der Waals surface area contributed by atoms with Crippen molar-refractivity contribution in [1.82, 2.24) is 4.90 Å². The molecule has 0 bridgehead atoms. The minimum Gasteiger partial charge on any atom is -0.475 e. The van der Waals surface area contributed by atoms with Crippen LogP contribution >= 0.6 is 0 Å². The smallest absolute Gasteiger partial charge is 0.475 e. The number of carbonyl (C=O) groups is 1. The molecular formula is C20H28F3NO4. The third-order valence-electron chi connectivity index (χ3n) is 5.27. The zero-order chi connectivity index (χ0) is 20.6. The molecule has 1 aromatic rings. The highest BCUT2D eigenvalue weighted by molar-refractivity contribution is 5.73. The van der Waals surface area contributed by atoms with Crippen molar-refractivity contribution in [3.63, 3.8) is 0 Å². The Hall–Kier alpha value is -1.64. The topological polar surface area (TPSA) is 59.0 Å². The molecule has 28 heavy (non-hydrogen) atoms. The molecule has 0 amide bonds. The van der Waals surface area contributed by atoms with Gasteiger partial charge >= 0.3 is 12.1 Å². The average molecular weight is 403 g/mol. The highest BCUT2D eigenvalue weighted by Gasteiger charge is 2.38. The van der Waals surface area contributed by atoms with E-state index in [0.29, 0.717) is 12.1 Å². The van der Waals surface area contributed by atoms with Gasteiger partial charge in [-0.15, -0.1) is 0 Å². The van der Waals surface area contributed by atoms with Crippen LogP contribution in [-0.2, 0) is 20.7 Å². The molecule has 0 aliphatic carbocycles. The summed E-state index contributed by atoms with van der Waals surface area (Å²) in [6, 6.07) is 11.4. The Bertz CT molecular complexity index is 591. The van der Waals surface area contributed by atoms with Crippen molar-refractivity contribution in [3.8, 4) is 0 Å². The highest BCUT2D eigenvalue weighted by atomic mass is 19.4. The quantitative estimate of drug-likeness (QED) is 0.817. The van der Waals surface area contributed by atoms with Crippen molar-refractivity contribution in [2.24, 2.45) is 5.92 Å². The van der Waals surface area contributed by atoms with E-state index in [1.54, 1.807) is 0 Å². The van der Waals surface area contributed by atoms with E-state index in [0.717, 1.165) is 32.0 Å². The molecule has 0 radical (unpaired) electrons. The van der Waals surface area contributed by atoms with Crippen molar-refractivity contribution in [2.75, 3.05) is 33.4 Å². The van der Waals surface area contributed by atoms with E-state index in [-0.39, 0.29) is 0 Å². The molecule has 0 unspecified atom stereocenters. The number of hydrogen-bond donors (Lipinski definition) is 1. The molecule has 5 nitrogen and oxygen atoms in total. The van der Waals surface area contributed by atoms with Crippen molar-refractivity contribution in [2.45, 2.75) is 44.0 Å². The molecule has 2 fully saturated rings. The number of alkyl halides is 3. The summed E-state index contributed by atoms with van der Waals surface area (Å²) in [6.07, 6.45) is -0.0110. The van der Waals surface area contributed by atoms with Crippen molar-refractivity contribution >= 4 is 5.97 Å². The van der Waals surface area contributed by atoms with Crippen LogP contribution in [0.5, 0.6) is 0 Å². The normalized spacial score (nSPS) is 23.9. The van der Waals surface area contributed by atoms with E-state index in [4.69, 9.17) is 19.4 Å². The van der Waals surface area contributed by atoms with E-state index in [1.165, 1.54) is 31.5 Å². The molecule has 2 aliphatic heterocycles. The van der Waals surface area contributed by atoms with Crippen LogP contribution in [0.1, 0.15) is 24.8 Å². The number of aliphatic carboxylic acids is 1. The van der Waals surface area contributed by atoms with Crippen molar-refractivity contribution in [1.29, 1.82) is 0 Å². The number of methoxy groups -OCH3 is 1. The number of hydrogen-bond acceptors (Lipinski definition) is 4. The number of nitrogens with zero attached hydrogens (tertiary/aromatic N) is 1. The maximum absolute atomic E-state index is 10.6. The molecule has 0 saturated carbocycles. The number of likely N-dealkylation sites (tertiary alicyclic amines) is 1. The Morgan fingerprint density at radius 2 is 1.82 bits per heavy atom. The SMILES string of the molecule is CO[C@@H]1CCN(CC2CCOCC2)[C@H]1Cc1ccccc1.O=C(O)C(F)(F)F. The summed E-state index contributed by atoms with van der Waals surface area (Å²) >= 11 is 0. The van der Waals surface area contributed by atoms with Crippen LogP contribution in [0.25, 0.3) is 0 Å². The summed E-state index contributed by atoms with van der Waals surface area (Å²) in [5.41, 5.74) is 1.42. The predicted octanol–water partition coefficient (Wildman–Crippen LogP) is 3.38. The lowest BCUT2D eigenvalue weighted by atomic mass is 9.97. The molecule has 1 aromatic carbocycles. The van der Waals surface area contributed by atoms with E-state index in [9.17, 15) is 13.2 Å². The number of benzene rings is 1. The van der Waals surface area contributed by atoms with Crippen LogP contribution in [0.3, 0.4) is 0 Å². The minimum absolute atomic E-state index is 0.380. The number of halogens is 3.